The molecule has 1 fully saturated rings. The van der Waals surface area contributed by atoms with Gasteiger partial charge in [0.2, 0.25) is 0 Å². The number of hydrogen-bond acceptors (Lipinski definition) is 1. The topological polar surface area (TPSA) is 26.9 Å². The third-order valence-electron chi connectivity index (χ3n) is 9.67. The molecular formula is C46H42F2N2O. The molecule has 0 saturated heterocycles. The Morgan fingerprint density at radius 1 is 0.549 bits per heavy atom. The number of rotatable bonds is 8. The second-order valence-electron chi connectivity index (χ2n) is 13.9. The SMILES string of the molecule is CC(C)n1c(C=CC=C2CC(=O)CC(=CC=Cc3c(-c4ccc(F)cc4)c4ccccc4n3C(C)C)C2)c(-c2ccc(F)cc2)c2ccccc21. The summed E-state index contributed by atoms with van der Waals surface area (Å²) in [5.41, 5.74) is 10.6. The first-order valence-corrected chi connectivity index (χ1v) is 17.7. The van der Waals surface area contributed by atoms with Gasteiger partial charge in [-0.05, 0) is 93.8 Å². The molecular weight excluding hydrogens is 635 g/mol. The van der Waals surface area contributed by atoms with Gasteiger partial charge in [-0.2, -0.15) is 0 Å². The first-order valence-electron chi connectivity index (χ1n) is 17.7. The zero-order valence-electron chi connectivity index (χ0n) is 29.5. The van der Waals surface area contributed by atoms with Crippen molar-refractivity contribution < 1.29 is 13.6 Å². The number of aromatic nitrogens is 2. The van der Waals surface area contributed by atoms with Crippen molar-refractivity contribution in [3.8, 4) is 22.3 Å². The third-order valence-corrected chi connectivity index (χ3v) is 9.67. The first-order chi connectivity index (χ1) is 24.7. The van der Waals surface area contributed by atoms with E-state index in [1.165, 1.54) is 24.3 Å². The molecule has 2 heterocycles. The van der Waals surface area contributed by atoms with Gasteiger partial charge < -0.3 is 9.13 Å². The van der Waals surface area contributed by atoms with Gasteiger partial charge in [0, 0.05) is 69.2 Å². The number of allylic oxidation sites excluding steroid dienone is 6. The highest BCUT2D eigenvalue weighted by molar-refractivity contribution is 6.02. The van der Waals surface area contributed by atoms with E-state index in [4.69, 9.17) is 0 Å². The molecule has 4 aromatic carbocycles. The van der Waals surface area contributed by atoms with Crippen molar-refractivity contribution in [1.82, 2.24) is 9.13 Å². The number of fused-ring (bicyclic) bond motifs is 2. The summed E-state index contributed by atoms with van der Waals surface area (Å²) in [6.45, 7) is 8.68. The fourth-order valence-electron chi connectivity index (χ4n) is 7.62. The summed E-state index contributed by atoms with van der Waals surface area (Å²) in [7, 11) is 0. The normalized spacial score (nSPS) is 15.7. The van der Waals surface area contributed by atoms with Crippen molar-refractivity contribution in [3.05, 3.63) is 156 Å². The van der Waals surface area contributed by atoms with Crippen molar-refractivity contribution in [3.63, 3.8) is 0 Å². The van der Waals surface area contributed by atoms with Crippen LogP contribution >= 0.6 is 0 Å². The fraction of sp³-hybridized carbons (Fsp3) is 0.196. The molecule has 0 aliphatic heterocycles. The van der Waals surface area contributed by atoms with E-state index < -0.39 is 0 Å². The van der Waals surface area contributed by atoms with E-state index in [-0.39, 0.29) is 29.5 Å². The molecule has 6 aromatic rings. The van der Waals surface area contributed by atoms with E-state index in [2.05, 4.69) is 97.6 Å². The molecule has 1 saturated carbocycles. The van der Waals surface area contributed by atoms with Gasteiger partial charge in [0.15, 0.2) is 0 Å². The number of Topliss-reactive ketones (excluding diaryl/α,β-unsaturated/α-hetero) is 1. The van der Waals surface area contributed by atoms with Crippen LogP contribution < -0.4 is 0 Å². The Balaban J connectivity index is 1.22. The summed E-state index contributed by atoms with van der Waals surface area (Å²) in [4.78, 5) is 13.0. The van der Waals surface area contributed by atoms with Crippen molar-refractivity contribution in [2.45, 2.75) is 59.0 Å². The highest BCUT2D eigenvalue weighted by Crippen LogP contribution is 2.40. The number of benzene rings is 4. The molecule has 0 N–H and O–H groups in total. The molecule has 0 bridgehead atoms. The molecule has 3 nitrogen and oxygen atoms in total. The lowest BCUT2D eigenvalue weighted by Crippen LogP contribution is -2.09. The number of hydrogen-bond donors (Lipinski definition) is 0. The Hall–Kier alpha value is -5.55. The average molecular weight is 677 g/mol. The van der Waals surface area contributed by atoms with Gasteiger partial charge in [0.05, 0.1) is 0 Å². The lowest BCUT2D eigenvalue weighted by molar-refractivity contribution is -0.118. The van der Waals surface area contributed by atoms with Crippen LogP contribution in [0.15, 0.2) is 133 Å². The van der Waals surface area contributed by atoms with Gasteiger partial charge in [-0.1, -0.05) is 96.1 Å². The molecule has 5 heteroatoms. The minimum Gasteiger partial charge on any atom is -0.338 e. The van der Waals surface area contributed by atoms with Crippen LogP contribution in [-0.4, -0.2) is 14.9 Å². The Morgan fingerprint density at radius 2 is 0.941 bits per heavy atom. The minimum atomic E-state index is -0.260. The highest BCUT2D eigenvalue weighted by atomic mass is 19.1. The number of ketones is 1. The van der Waals surface area contributed by atoms with Crippen LogP contribution in [0, 0.1) is 11.6 Å². The molecule has 7 rings (SSSR count). The van der Waals surface area contributed by atoms with Crippen LogP contribution in [0.25, 0.3) is 56.2 Å². The Kier molecular flexibility index (Phi) is 9.55. The van der Waals surface area contributed by atoms with Gasteiger partial charge >= 0.3 is 0 Å². The van der Waals surface area contributed by atoms with Gasteiger partial charge in [-0.3, -0.25) is 4.79 Å². The maximum atomic E-state index is 13.9. The largest absolute Gasteiger partial charge is 0.338 e. The Bertz CT molecular complexity index is 2200. The maximum Gasteiger partial charge on any atom is 0.140 e. The van der Waals surface area contributed by atoms with Crippen LogP contribution in [0.2, 0.25) is 0 Å². The van der Waals surface area contributed by atoms with Crippen molar-refractivity contribution in [2.75, 3.05) is 0 Å². The molecule has 0 radical (unpaired) electrons. The Labute approximate surface area is 298 Å². The molecule has 2 aromatic heterocycles. The zero-order valence-corrected chi connectivity index (χ0v) is 29.5. The predicted octanol–water partition coefficient (Wildman–Crippen LogP) is 12.7. The van der Waals surface area contributed by atoms with Gasteiger partial charge in [0.1, 0.15) is 17.4 Å². The van der Waals surface area contributed by atoms with E-state index in [9.17, 15) is 13.6 Å². The first kappa shape index (κ1) is 33.9. The number of carbonyl (C=O) groups excluding carboxylic acids is 1. The van der Waals surface area contributed by atoms with Gasteiger partial charge in [0.25, 0.3) is 0 Å². The van der Waals surface area contributed by atoms with Crippen molar-refractivity contribution >= 4 is 39.7 Å². The highest BCUT2D eigenvalue weighted by Gasteiger charge is 2.21. The van der Waals surface area contributed by atoms with E-state index in [0.717, 1.165) is 73.0 Å². The monoisotopic (exact) mass is 676 g/mol. The lowest BCUT2D eigenvalue weighted by atomic mass is 9.88. The standard InChI is InChI=1S/C46H42F2N2O/c1-30(2)49-41-15-7-5-13-39(41)45(34-19-23-36(47)24-20-34)43(49)17-9-11-32-27-33(29-38(51)28-32)12-10-18-44-46(35-21-25-37(48)26-22-35)40-14-6-8-16-42(40)50(44)31(3)4/h5-26,30-31H,27-29H2,1-4H3. The second kappa shape index (κ2) is 14.4. The molecule has 0 atom stereocenters. The number of para-hydroxylation sites is 2. The zero-order chi connectivity index (χ0) is 35.6. The van der Waals surface area contributed by atoms with Crippen LogP contribution in [0.4, 0.5) is 8.78 Å². The average Bonchev–Trinajstić information content (AvgIpc) is 3.62. The fourth-order valence-corrected chi connectivity index (χ4v) is 7.62. The predicted molar refractivity (Wildman–Crippen MR) is 209 cm³/mol. The van der Waals surface area contributed by atoms with Crippen molar-refractivity contribution in [1.29, 1.82) is 0 Å². The Morgan fingerprint density at radius 3 is 1.33 bits per heavy atom. The quantitative estimate of drug-likeness (QED) is 0.158. The summed E-state index contributed by atoms with van der Waals surface area (Å²) in [6, 6.07) is 30.5. The molecule has 0 spiro atoms. The van der Waals surface area contributed by atoms with Gasteiger partial charge in [-0.25, -0.2) is 8.78 Å². The number of nitrogens with zero attached hydrogens (tertiary/aromatic N) is 2. The van der Waals surface area contributed by atoms with E-state index in [0.29, 0.717) is 12.8 Å². The van der Waals surface area contributed by atoms with Crippen LogP contribution in [0.1, 0.15) is 70.4 Å². The summed E-state index contributed by atoms with van der Waals surface area (Å²) < 4.78 is 32.5. The van der Waals surface area contributed by atoms with E-state index in [1.807, 2.05) is 48.5 Å². The third kappa shape index (κ3) is 6.81. The summed E-state index contributed by atoms with van der Waals surface area (Å²) >= 11 is 0. The molecule has 0 amide bonds. The molecule has 51 heavy (non-hydrogen) atoms. The molecule has 256 valence electrons. The van der Waals surface area contributed by atoms with Crippen molar-refractivity contribution in [2.24, 2.45) is 0 Å². The van der Waals surface area contributed by atoms with Gasteiger partial charge in [-0.15, -0.1) is 0 Å². The number of halogens is 2. The summed E-state index contributed by atoms with van der Waals surface area (Å²) in [6.07, 6.45) is 14.1. The number of carbonyl (C=O) groups is 1. The van der Waals surface area contributed by atoms with E-state index >= 15 is 0 Å². The van der Waals surface area contributed by atoms with E-state index in [1.54, 1.807) is 0 Å². The van der Waals surface area contributed by atoms with Crippen LogP contribution in [-0.2, 0) is 4.79 Å². The second-order valence-corrected chi connectivity index (χ2v) is 13.9. The molecule has 1 aliphatic rings. The molecule has 0 unspecified atom stereocenters. The lowest BCUT2D eigenvalue weighted by Gasteiger charge is -2.16. The maximum absolute atomic E-state index is 13.9. The van der Waals surface area contributed by atoms with Crippen LogP contribution in [0.3, 0.4) is 0 Å². The summed E-state index contributed by atoms with van der Waals surface area (Å²) in [5.74, 6) is -0.318. The summed E-state index contributed by atoms with van der Waals surface area (Å²) in [5, 5.41) is 2.24. The molecule has 1 aliphatic carbocycles. The minimum absolute atomic E-state index is 0.201. The van der Waals surface area contributed by atoms with Crippen LogP contribution in [0.5, 0.6) is 0 Å². The smallest absolute Gasteiger partial charge is 0.140 e.